The molecule has 0 aromatic rings. The van der Waals surface area contributed by atoms with Gasteiger partial charge < -0.3 is 0 Å². The Bertz CT molecular complexity index is 333. The van der Waals surface area contributed by atoms with Gasteiger partial charge >= 0.3 is 6.03 Å². The normalized spacial score (nSPS) is 18.6. The van der Waals surface area contributed by atoms with E-state index in [2.05, 4.69) is 10.6 Å². The number of barbiturate groups is 1. The molecule has 89 valence electrons. The Balaban J connectivity index is 0.00000256. The second kappa shape index (κ2) is 6.93. The molecule has 0 bridgehead atoms. The Labute approximate surface area is 123 Å². The van der Waals surface area contributed by atoms with Gasteiger partial charge in [0.05, 0.1) is 0 Å². The SMILES string of the molecule is CC=CCC1(CCC)C(=O)NC(=O)NC1=O.[Na]. The van der Waals surface area contributed by atoms with Crippen molar-refractivity contribution in [1.29, 1.82) is 0 Å². The summed E-state index contributed by atoms with van der Waals surface area (Å²) in [6, 6.07) is -0.734. The second-order valence-corrected chi connectivity index (χ2v) is 3.84. The van der Waals surface area contributed by atoms with Crippen LogP contribution in [0.3, 0.4) is 0 Å². The number of allylic oxidation sites excluding steroid dienone is 2. The molecule has 1 rings (SSSR count). The van der Waals surface area contributed by atoms with Crippen molar-refractivity contribution in [2.75, 3.05) is 0 Å². The molecule has 5 nitrogen and oxygen atoms in total. The van der Waals surface area contributed by atoms with Crippen molar-refractivity contribution in [2.24, 2.45) is 5.41 Å². The first kappa shape index (κ1) is 16.4. The van der Waals surface area contributed by atoms with Crippen molar-refractivity contribution in [3.8, 4) is 0 Å². The number of nitrogens with one attached hydrogen (secondary N) is 2. The van der Waals surface area contributed by atoms with Crippen molar-refractivity contribution in [3.63, 3.8) is 0 Å². The molecule has 4 amide bonds. The number of urea groups is 1. The minimum atomic E-state index is -1.13. The van der Waals surface area contributed by atoms with Crippen LogP contribution in [-0.2, 0) is 9.59 Å². The molecule has 17 heavy (non-hydrogen) atoms. The Morgan fingerprint density at radius 2 is 1.71 bits per heavy atom. The third-order valence-electron chi connectivity index (χ3n) is 2.70. The monoisotopic (exact) mass is 247 g/mol. The molecule has 1 aliphatic rings. The first-order chi connectivity index (χ1) is 7.56. The van der Waals surface area contributed by atoms with Crippen LogP contribution in [-0.4, -0.2) is 47.4 Å². The van der Waals surface area contributed by atoms with Crippen molar-refractivity contribution in [1.82, 2.24) is 10.6 Å². The number of rotatable bonds is 4. The van der Waals surface area contributed by atoms with Crippen LogP contribution in [0.5, 0.6) is 0 Å². The third kappa shape index (κ3) is 3.40. The van der Waals surface area contributed by atoms with Crippen molar-refractivity contribution >= 4 is 47.4 Å². The van der Waals surface area contributed by atoms with Crippen LogP contribution in [0.1, 0.15) is 33.1 Å². The zero-order valence-corrected chi connectivity index (χ0v) is 12.5. The van der Waals surface area contributed by atoms with Crippen molar-refractivity contribution in [2.45, 2.75) is 33.1 Å². The van der Waals surface area contributed by atoms with Gasteiger partial charge in [0.15, 0.2) is 0 Å². The van der Waals surface area contributed by atoms with Gasteiger partial charge in [-0.3, -0.25) is 20.2 Å². The van der Waals surface area contributed by atoms with Crippen LogP contribution in [0, 0.1) is 5.41 Å². The summed E-state index contributed by atoms with van der Waals surface area (Å²) in [5.74, 6) is -0.998. The average molecular weight is 247 g/mol. The van der Waals surface area contributed by atoms with Gasteiger partial charge in [-0.05, 0) is 19.8 Å². The Morgan fingerprint density at radius 1 is 1.18 bits per heavy atom. The van der Waals surface area contributed by atoms with E-state index < -0.39 is 23.3 Å². The number of carbonyl (C=O) groups excluding carboxylic acids is 3. The smallest absolute Gasteiger partial charge is 0.277 e. The molecule has 1 saturated heterocycles. The molecule has 1 aliphatic heterocycles. The van der Waals surface area contributed by atoms with Gasteiger partial charge in [0.25, 0.3) is 0 Å². The molecule has 1 fully saturated rings. The predicted molar refractivity (Wildman–Crippen MR) is 64.2 cm³/mol. The Hall–Kier alpha value is -0.650. The Kier molecular flexibility index (Phi) is 6.67. The van der Waals surface area contributed by atoms with Gasteiger partial charge in [0.2, 0.25) is 11.8 Å². The molecule has 1 heterocycles. The van der Waals surface area contributed by atoms with E-state index in [9.17, 15) is 14.4 Å². The molecule has 0 aromatic carbocycles. The quantitative estimate of drug-likeness (QED) is 0.437. The van der Waals surface area contributed by atoms with Gasteiger partial charge in [-0.15, -0.1) is 0 Å². The Morgan fingerprint density at radius 3 is 2.12 bits per heavy atom. The van der Waals surface area contributed by atoms with E-state index in [-0.39, 0.29) is 29.6 Å². The summed E-state index contributed by atoms with van der Waals surface area (Å²) in [5, 5.41) is 4.30. The van der Waals surface area contributed by atoms with Crippen LogP contribution in [0.15, 0.2) is 12.2 Å². The first-order valence-corrected chi connectivity index (χ1v) is 5.35. The maximum absolute atomic E-state index is 11.8. The van der Waals surface area contributed by atoms with Gasteiger partial charge in [-0.1, -0.05) is 25.5 Å². The van der Waals surface area contributed by atoms with Gasteiger partial charge in [-0.25, -0.2) is 4.79 Å². The summed E-state index contributed by atoms with van der Waals surface area (Å²) in [5.41, 5.74) is -1.13. The fraction of sp³-hybridized carbons (Fsp3) is 0.545. The summed E-state index contributed by atoms with van der Waals surface area (Å²) >= 11 is 0. The molecule has 0 unspecified atom stereocenters. The molecule has 0 saturated carbocycles. The molecule has 2 N–H and O–H groups in total. The molecule has 0 aromatic heterocycles. The number of amides is 4. The fourth-order valence-corrected chi connectivity index (χ4v) is 1.84. The van der Waals surface area contributed by atoms with Gasteiger partial charge in [-0.2, -0.15) is 0 Å². The predicted octanol–water partition coefficient (Wildman–Crippen LogP) is 0.724. The van der Waals surface area contributed by atoms with Gasteiger partial charge in [0, 0.05) is 29.6 Å². The zero-order valence-electron chi connectivity index (χ0n) is 10.5. The van der Waals surface area contributed by atoms with E-state index in [1.807, 2.05) is 13.8 Å². The van der Waals surface area contributed by atoms with Crippen LogP contribution >= 0.6 is 0 Å². The first-order valence-electron chi connectivity index (χ1n) is 5.35. The zero-order chi connectivity index (χ0) is 12.2. The molecule has 6 heteroatoms. The fourth-order valence-electron chi connectivity index (χ4n) is 1.84. The third-order valence-corrected chi connectivity index (χ3v) is 2.70. The summed E-state index contributed by atoms with van der Waals surface area (Å²) in [6.45, 7) is 3.72. The van der Waals surface area contributed by atoms with E-state index in [4.69, 9.17) is 0 Å². The summed E-state index contributed by atoms with van der Waals surface area (Å²) in [7, 11) is 0. The maximum atomic E-state index is 11.8. The number of carbonyl (C=O) groups is 3. The van der Waals surface area contributed by atoms with Crippen molar-refractivity contribution in [3.05, 3.63) is 12.2 Å². The molecular formula is C11H16N2NaO3. The van der Waals surface area contributed by atoms with E-state index in [0.717, 1.165) is 0 Å². The second-order valence-electron chi connectivity index (χ2n) is 3.84. The van der Waals surface area contributed by atoms with E-state index >= 15 is 0 Å². The minimum absolute atomic E-state index is 0. The van der Waals surface area contributed by atoms with Crippen molar-refractivity contribution < 1.29 is 14.4 Å². The molecule has 0 aliphatic carbocycles. The molecule has 1 radical (unpaired) electrons. The summed E-state index contributed by atoms with van der Waals surface area (Å²) < 4.78 is 0. The largest absolute Gasteiger partial charge is 0.328 e. The van der Waals surface area contributed by atoms with Crippen LogP contribution in [0.2, 0.25) is 0 Å². The topological polar surface area (TPSA) is 75.3 Å². The molecule has 0 atom stereocenters. The molecular weight excluding hydrogens is 231 g/mol. The number of imide groups is 2. The summed E-state index contributed by atoms with van der Waals surface area (Å²) in [6.07, 6.45) is 5.01. The van der Waals surface area contributed by atoms with E-state index in [0.29, 0.717) is 19.3 Å². The maximum Gasteiger partial charge on any atom is 0.328 e. The van der Waals surface area contributed by atoms with Crippen LogP contribution < -0.4 is 10.6 Å². The number of hydrogen-bond donors (Lipinski definition) is 2. The van der Waals surface area contributed by atoms with Crippen LogP contribution in [0.25, 0.3) is 0 Å². The summed E-state index contributed by atoms with van der Waals surface area (Å²) in [4.78, 5) is 34.6. The van der Waals surface area contributed by atoms with Crippen LogP contribution in [0.4, 0.5) is 4.79 Å². The van der Waals surface area contributed by atoms with E-state index in [1.54, 1.807) is 12.2 Å². The molecule has 0 spiro atoms. The standard InChI is InChI=1S/C11H16N2O3.Na/c1-3-5-7-11(6-4-2)8(14)12-10(16)13-9(11)15;/h3,5H,4,6-7H2,1-2H3,(H2,12,13,14,15,16);. The van der Waals surface area contributed by atoms with Gasteiger partial charge in [0.1, 0.15) is 5.41 Å². The minimum Gasteiger partial charge on any atom is -0.277 e. The van der Waals surface area contributed by atoms with E-state index in [1.165, 1.54) is 0 Å². The number of hydrogen-bond acceptors (Lipinski definition) is 3. The average Bonchev–Trinajstić information content (AvgIpc) is 2.22.